The van der Waals surface area contributed by atoms with E-state index >= 15 is 0 Å². The van der Waals surface area contributed by atoms with Gasteiger partial charge in [0.1, 0.15) is 12.4 Å². The number of amides is 1. The molecule has 2 rings (SSSR count). The Kier molecular flexibility index (Phi) is 13.7. The van der Waals surface area contributed by atoms with Gasteiger partial charge in [-0.05, 0) is 87.4 Å². The van der Waals surface area contributed by atoms with Crippen LogP contribution in [0.1, 0.15) is 41.6 Å². The molecule has 0 unspecified atom stereocenters. The summed E-state index contributed by atoms with van der Waals surface area (Å²) in [5, 5.41) is 16.0. The van der Waals surface area contributed by atoms with Crippen LogP contribution in [0.5, 0.6) is 0 Å². The van der Waals surface area contributed by atoms with Gasteiger partial charge in [0.15, 0.2) is 0 Å². The van der Waals surface area contributed by atoms with Crippen LogP contribution in [0.15, 0.2) is 29.0 Å². The predicted octanol–water partition coefficient (Wildman–Crippen LogP) is 3.53. The maximum absolute atomic E-state index is 14.6. The first kappa shape index (κ1) is 28.5. The first-order valence-corrected chi connectivity index (χ1v) is 12.7. The molecule has 0 spiro atoms. The summed E-state index contributed by atoms with van der Waals surface area (Å²) in [5.41, 5.74) is 6.50. The minimum absolute atomic E-state index is 0.0903. The van der Waals surface area contributed by atoms with Crippen molar-refractivity contribution < 1.29 is 23.5 Å². The number of carbonyl (C=O) groups is 2. The average Bonchev–Trinajstić information content (AvgIpc) is 3.38. The molecule has 1 aromatic heterocycles. The summed E-state index contributed by atoms with van der Waals surface area (Å²) in [5.74, 6) is -1.37. The summed E-state index contributed by atoms with van der Waals surface area (Å²) in [6, 6.07) is 4.26. The van der Waals surface area contributed by atoms with E-state index in [0.717, 1.165) is 63.5 Å². The molecule has 0 atom stereocenters. The fourth-order valence-electron chi connectivity index (χ4n) is 3.17. The third kappa shape index (κ3) is 11.0. The van der Waals surface area contributed by atoms with E-state index in [1.54, 1.807) is 0 Å². The molecule has 194 valence electrons. The zero-order valence-corrected chi connectivity index (χ0v) is 21.0. The molecule has 0 bridgehead atoms. The summed E-state index contributed by atoms with van der Waals surface area (Å²) in [7, 11) is 1.19. The summed E-state index contributed by atoms with van der Waals surface area (Å²) >= 11 is 1.49. The lowest BCUT2D eigenvalue weighted by Gasteiger charge is -2.14. The van der Waals surface area contributed by atoms with Gasteiger partial charge in [-0.1, -0.05) is 0 Å². The molecule has 0 saturated carbocycles. The minimum atomic E-state index is -0.762. The summed E-state index contributed by atoms with van der Waals surface area (Å²) in [6.07, 6.45) is 3.19. The van der Waals surface area contributed by atoms with Crippen molar-refractivity contribution in [2.45, 2.75) is 32.3 Å². The van der Waals surface area contributed by atoms with Gasteiger partial charge < -0.3 is 31.2 Å². The van der Waals surface area contributed by atoms with Gasteiger partial charge in [0.25, 0.3) is 0 Å². The van der Waals surface area contributed by atoms with E-state index in [4.69, 9.17) is 15.2 Å². The monoisotopic (exact) mass is 509 g/mol. The van der Waals surface area contributed by atoms with Crippen molar-refractivity contribution in [3.05, 3.63) is 45.9 Å². The number of halogens is 1. The molecule has 35 heavy (non-hydrogen) atoms. The van der Waals surface area contributed by atoms with Crippen molar-refractivity contribution in [3.63, 3.8) is 0 Å². The van der Waals surface area contributed by atoms with Gasteiger partial charge in [-0.2, -0.15) is 11.3 Å². The molecule has 2 aromatic rings. The first-order chi connectivity index (χ1) is 17.0. The SMILES string of the molecule is COC(=O)c1cc(F)c(NCCCNCCCCNCCCN)cc1NC(=O)OCc1ccsc1. The normalized spacial score (nSPS) is 10.7. The Bertz CT molecular complexity index is 898. The van der Waals surface area contributed by atoms with Crippen LogP contribution in [0, 0.1) is 5.82 Å². The van der Waals surface area contributed by atoms with Gasteiger partial charge in [0.2, 0.25) is 0 Å². The number of nitrogens with two attached hydrogens (primary N) is 1. The van der Waals surface area contributed by atoms with Crippen molar-refractivity contribution in [3.8, 4) is 0 Å². The van der Waals surface area contributed by atoms with Crippen molar-refractivity contribution in [1.82, 2.24) is 10.6 Å². The molecule has 0 saturated heterocycles. The summed E-state index contributed by atoms with van der Waals surface area (Å²) < 4.78 is 24.5. The molecule has 1 aromatic carbocycles. The lowest BCUT2D eigenvalue weighted by molar-refractivity contribution is 0.0601. The van der Waals surface area contributed by atoms with Crippen molar-refractivity contribution >= 4 is 34.8 Å². The number of benzene rings is 1. The third-order valence-corrected chi connectivity index (χ3v) is 5.79. The Labute approximate surface area is 209 Å². The molecule has 9 nitrogen and oxygen atoms in total. The second-order valence-electron chi connectivity index (χ2n) is 7.83. The fraction of sp³-hybridized carbons (Fsp3) is 0.500. The number of esters is 1. The molecule has 6 N–H and O–H groups in total. The molecule has 1 heterocycles. The van der Waals surface area contributed by atoms with E-state index in [-0.39, 0.29) is 23.5 Å². The van der Waals surface area contributed by atoms with Crippen LogP contribution in [0.3, 0.4) is 0 Å². The zero-order valence-electron chi connectivity index (χ0n) is 20.2. The van der Waals surface area contributed by atoms with Crippen LogP contribution in [0.2, 0.25) is 0 Å². The molecule has 0 aliphatic carbocycles. The second kappa shape index (κ2) is 16.8. The largest absolute Gasteiger partial charge is 0.465 e. The number of methoxy groups -OCH3 is 1. The molecule has 0 aliphatic rings. The van der Waals surface area contributed by atoms with Gasteiger partial charge in [-0.25, -0.2) is 14.0 Å². The number of anilines is 2. The van der Waals surface area contributed by atoms with Gasteiger partial charge >= 0.3 is 12.1 Å². The Morgan fingerprint density at radius 3 is 2.37 bits per heavy atom. The van der Waals surface area contributed by atoms with E-state index in [0.29, 0.717) is 13.1 Å². The van der Waals surface area contributed by atoms with Crippen LogP contribution in [-0.2, 0) is 16.1 Å². The topological polar surface area (TPSA) is 127 Å². The van der Waals surface area contributed by atoms with E-state index < -0.39 is 17.9 Å². The molecule has 0 fully saturated rings. The van der Waals surface area contributed by atoms with Crippen molar-refractivity contribution in [2.75, 3.05) is 57.0 Å². The molecular weight excluding hydrogens is 473 g/mol. The molecule has 11 heteroatoms. The smallest absolute Gasteiger partial charge is 0.411 e. The number of hydrogen-bond acceptors (Lipinski definition) is 9. The quantitative estimate of drug-likeness (QED) is 0.162. The van der Waals surface area contributed by atoms with Crippen molar-refractivity contribution in [2.24, 2.45) is 5.73 Å². The molecule has 0 radical (unpaired) electrons. The number of thiophene rings is 1. The Balaban J connectivity index is 1.78. The predicted molar refractivity (Wildman–Crippen MR) is 138 cm³/mol. The number of nitrogens with one attached hydrogen (secondary N) is 4. The molecular formula is C24H36FN5O4S. The number of carbonyl (C=O) groups excluding carboxylic acids is 2. The summed E-state index contributed by atoms with van der Waals surface area (Å²) in [4.78, 5) is 24.3. The fourth-order valence-corrected chi connectivity index (χ4v) is 3.83. The van der Waals surface area contributed by atoms with E-state index in [2.05, 4.69) is 21.3 Å². The molecule has 1 amide bonds. The number of hydrogen-bond donors (Lipinski definition) is 5. The Morgan fingerprint density at radius 1 is 1.00 bits per heavy atom. The number of ether oxygens (including phenoxy) is 2. The van der Waals surface area contributed by atoms with Crippen molar-refractivity contribution in [1.29, 1.82) is 0 Å². The summed E-state index contributed by atoms with van der Waals surface area (Å²) in [6.45, 7) is 4.97. The van der Waals surface area contributed by atoms with Gasteiger partial charge in [0.05, 0.1) is 24.0 Å². The van der Waals surface area contributed by atoms with E-state index in [9.17, 15) is 14.0 Å². The maximum atomic E-state index is 14.6. The van der Waals surface area contributed by atoms with Crippen LogP contribution in [0.25, 0.3) is 0 Å². The first-order valence-electron chi connectivity index (χ1n) is 11.8. The lowest BCUT2D eigenvalue weighted by atomic mass is 10.1. The van der Waals surface area contributed by atoms with Gasteiger partial charge in [0, 0.05) is 12.1 Å². The Hall–Kier alpha value is -2.73. The number of rotatable bonds is 17. The van der Waals surface area contributed by atoms with Gasteiger partial charge in [-0.3, -0.25) is 5.32 Å². The van der Waals surface area contributed by atoms with Gasteiger partial charge in [-0.15, -0.1) is 0 Å². The highest BCUT2D eigenvalue weighted by Crippen LogP contribution is 2.26. The highest BCUT2D eigenvalue weighted by Gasteiger charge is 2.19. The zero-order chi connectivity index (χ0) is 25.3. The lowest BCUT2D eigenvalue weighted by Crippen LogP contribution is -2.22. The standard InChI is InChI=1S/C24H36FN5O4S/c1-33-23(31)19-14-20(25)22(15-21(19)30-24(32)34-16-18-6-13-35-17-18)29-12-5-11-28-9-3-2-8-27-10-4-7-26/h6,13-15,17,27-29H,2-5,7-12,16,26H2,1H3,(H,30,32). The number of unbranched alkanes of at least 4 members (excludes halogenated alkanes) is 1. The second-order valence-corrected chi connectivity index (χ2v) is 8.61. The van der Waals surface area contributed by atoms with Crippen LogP contribution < -0.4 is 27.0 Å². The highest BCUT2D eigenvalue weighted by atomic mass is 32.1. The minimum Gasteiger partial charge on any atom is -0.465 e. The average molecular weight is 510 g/mol. The van der Waals surface area contributed by atoms with Crippen LogP contribution >= 0.6 is 11.3 Å². The highest BCUT2D eigenvalue weighted by molar-refractivity contribution is 7.07. The van der Waals surface area contributed by atoms with E-state index in [1.165, 1.54) is 24.5 Å². The van der Waals surface area contributed by atoms with Crippen LogP contribution in [0.4, 0.5) is 20.6 Å². The Morgan fingerprint density at radius 2 is 1.71 bits per heavy atom. The van der Waals surface area contributed by atoms with Crippen LogP contribution in [-0.4, -0.2) is 58.4 Å². The maximum Gasteiger partial charge on any atom is 0.411 e. The molecule has 0 aliphatic heterocycles. The van der Waals surface area contributed by atoms with E-state index in [1.807, 2.05) is 16.8 Å². The third-order valence-electron chi connectivity index (χ3n) is 5.06.